The maximum absolute atomic E-state index is 11.6. The van der Waals surface area contributed by atoms with Gasteiger partial charge in [-0.05, 0) is 46.6 Å². The number of rotatable bonds is 5. The van der Waals surface area contributed by atoms with E-state index >= 15 is 0 Å². The van der Waals surface area contributed by atoms with Gasteiger partial charge in [0.15, 0.2) is 0 Å². The second kappa shape index (κ2) is 6.94. The van der Waals surface area contributed by atoms with Crippen LogP contribution in [0.4, 0.5) is 0 Å². The molecule has 0 aliphatic rings. The van der Waals surface area contributed by atoms with Crippen LogP contribution in [0.15, 0.2) is 12.1 Å². The summed E-state index contributed by atoms with van der Waals surface area (Å²) in [6, 6.07) is 3.58. The Morgan fingerprint density at radius 1 is 1.04 bits per heavy atom. The first kappa shape index (κ1) is 20.2. The van der Waals surface area contributed by atoms with E-state index in [4.69, 9.17) is 4.52 Å². The fourth-order valence-electron chi connectivity index (χ4n) is 2.27. The minimum Gasteiger partial charge on any atom is -0.756 e. The van der Waals surface area contributed by atoms with Crippen LogP contribution < -0.4 is 4.89 Å². The lowest BCUT2D eigenvalue weighted by Gasteiger charge is -2.29. The van der Waals surface area contributed by atoms with Crippen molar-refractivity contribution in [2.75, 3.05) is 6.61 Å². The lowest BCUT2D eigenvalue weighted by molar-refractivity contribution is -0.226. The summed E-state index contributed by atoms with van der Waals surface area (Å²) in [4.78, 5) is 11.6. The van der Waals surface area contributed by atoms with Gasteiger partial charge in [-0.25, -0.2) is 0 Å². The molecule has 1 N–H and O–H groups in total. The Morgan fingerprint density at radius 2 is 1.48 bits per heavy atom. The largest absolute Gasteiger partial charge is 0.756 e. The molecule has 0 radical (unpaired) electrons. The van der Waals surface area contributed by atoms with Crippen LogP contribution >= 0.6 is 7.82 Å². The van der Waals surface area contributed by atoms with Crippen LogP contribution in [0.2, 0.25) is 0 Å². The molecular weight excluding hydrogens is 315 g/mol. The molecule has 0 saturated carbocycles. The molecular formula is C17H28O5P-. The van der Waals surface area contributed by atoms with E-state index < -0.39 is 7.82 Å². The second-order valence-corrected chi connectivity index (χ2v) is 9.09. The molecule has 0 heterocycles. The van der Waals surface area contributed by atoms with Crippen molar-refractivity contribution in [3.63, 3.8) is 0 Å². The van der Waals surface area contributed by atoms with Gasteiger partial charge in [0.2, 0.25) is 0 Å². The SMILES string of the molecule is CCOP(=O)([O-])OCc1cc(C(C)(C)C)c(O)c(C(C)(C)C)c1. The van der Waals surface area contributed by atoms with Crippen LogP contribution in [0.1, 0.15) is 65.2 Å². The number of phenolic OH excluding ortho intramolecular Hbond substituents is 1. The Bertz CT molecular complexity index is 561. The average molecular weight is 343 g/mol. The summed E-state index contributed by atoms with van der Waals surface area (Å²) < 4.78 is 21.1. The second-order valence-electron chi connectivity index (χ2n) is 7.68. The number of phosphoric acid groups is 1. The van der Waals surface area contributed by atoms with E-state index in [1.165, 1.54) is 0 Å². The average Bonchev–Trinajstić information content (AvgIpc) is 2.34. The van der Waals surface area contributed by atoms with Gasteiger partial charge < -0.3 is 19.0 Å². The topological polar surface area (TPSA) is 78.8 Å². The van der Waals surface area contributed by atoms with Gasteiger partial charge in [0.25, 0.3) is 7.82 Å². The number of benzene rings is 1. The van der Waals surface area contributed by atoms with Crippen molar-refractivity contribution in [1.29, 1.82) is 0 Å². The molecule has 1 atom stereocenters. The Morgan fingerprint density at radius 3 is 1.83 bits per heavy atom. The molecule has 0 aromatic heterocycles. The molecule has 0 spiro atoms. The highest BCUT2D eigenvalue weighted by Crippen LogP contribution is 2.42. The van der Waals surface area contributed by atoms with Gasteiger partial charge in [0.05, 0.1) is 13.2 Å². The Labute approximate surface area is 139 Å². The van der Waals surface area contributed by atoms with Gasteiger partial charge in [0, 0.05) is 0 Å². The summed E-state index contributed by atoms with van der Waals surface area (Å²) in [6.45, 7) is 13.5. The van der Waals surface area contributed by atoms with Crippen LogP contribution in [0, 0.1) is 0 Å². The van der Waals surface area contributed by atoms with Crippen molar-refractivity contribution >= 4 is 7.82 Å². The van der Waals surface area contributed by atoms with Crippen LogP contribution in [0.25, 0.3) is 0 Å². The molecule has 1 aromatic carbocycles. The molecule has 1 aromatic rings. The quantitative estimate of drug-likeness (QED) is 0.817. The van der Waals surface area contributed by atoms with Crippen molar-refractivity contribution in [2.24, 2.45) is 0 Å². The zero-order chi connectivity index (χ0) is 18.1. The predicted octanol–water partition coefficient (Wildman–Crippen LogP) is 4.01. The van der Waals surface area contributed by atoms with Crippen molar-refractivity contribution in [1.82, 2.24) is 0 Å². The number of hydrogen-bond donors (Lipinski definition) is 1. The summed E-state index contributed by atoms with van der Waals surface area (Å²) in [5.41, 5.74) is 1.66. The van der Waals surface area contributed by atoms with E-state index in [0.717, 1.165) is 11.1 Å². The molecule has 23 heavy (non-hydrogen) atoms. The molecule has 1 rings (SSSR count). The smallest absolute Gasteiger partial charge is 0.268 e. The summed E-state index contributed by atoms with van der Waals surface area (Å²) >= 11 is 0. The maximum atomic E-state index is 11.6. The van der Waals surface area contributed by atoms with Crippen molar-refractivity contribution in [2.45, 2.75) is 65.9 Å². The molecule has 5 nitrogen and oxygen atoms in total. The van der Waals surface area contributed by atoms with E-state index in [-0.39, 0.29) is 29.8 Å². The summed E-state index contributed by atoms with van der Waals surface area (Å²) in [5, 5.41) is 10.6. The molecule has 0 saturated heterocycles. The van der Waals surface area contributed by atoms with Crippen LogP contribution in [-0.4, -0.2) is 11.7 Å². The normalized spacial score (nSPS) is 15.5. The van der Waals surface area contributed by atoms with Crippen molar-refractivity contribution in [3.8, 4) is 5.75 Å². The molecule has 0 aliphatic heterocycles. The molecule has 0 bridgehead atoms. The van der Waals surface area contributed by atoms with Crippen molar-refractivity contribution in [3.05, 3.63) is 28.8 Å². The molecule has 6 heteroatoms. The third-order valence-electron chi connectivity index (χ3n) is 3.46. The lowest BCUT2D eigenvalue weighted by atomic mass is 9.78. The minimum absolute atomic E-state index is 0.0385. The number of phosphoric ester groups is 1. The van der Waals surface area contributed by atoms with E-state index in [9.17, 15) is 14.6 Å². The zero-order valence-electron chi connectivity index (χ0n) is 15.1. The first-order valence-electron chi connectivity index (χ1n) is 7.75. The third kappa shape index (κ3) is 5.61. The molecule has 1 unspecified atom stereocenters. The summed E-state index contributed by atoms with van der Waals surface area (Å²) in [6.07, 6.45) is 0. The standard InChI is InChI=1S/C17H29O5P/c1-8-21-23(19,20)22-11-12-9-13(16(2,3)4)15(18)14(10-12)17(5,6)7/h9-10,18H,8,11H2,1-7H3,(H,19,20)/p-1. The van der Waals surface area contributed by atoms with Crippen molar-refractivity contribution < 1.29 is 23.6 Å². The summed E-state index contributed by atoms with van der Waals surface area (Å²) in [7, 11) is -4.29. The van der Waals surface area contributed by atoms with Crippen LogP contribution in [-0.2, 0) is 31.0 Å². The molecule has 132 valence electrons. The minimum atomic E-state index is -4.29. The van der Waals surface area contributed by atoms with Gasteiger partial charge in [0.1, 0.15) is 5.75 Å². The highest BCUT2D eigenvalue weighted by molar-refractivity contribution is 7.45. The molecule has 0 fully saturated rings. The fourth-order valence-corrected chi connectivity index (χ4v) is 2.97. The van der Waals surface area contributed by atoms with E-state index in [0.29, 0.717) is 5.56 Å². The number of phenols is 1. The number of hydrogen-bond acceptors (Lipinski definition) is 5. The van der Waals surface area contributed by atoms with Gasteiger partial charge in [-0.2, -0.15) is 0 Å². The number of aromatic hydroxyl groups is 1. The Hall–Kier alpha value is -0.870. The van der Waals surface area contributed by atoms with Gasteiger partial charge in [-0.15, -0.1) is 0 Å². The van der Waals surface area contributed by atoms with E-state index in [2.05, 4.69) is 4.52 Å². The molecule has 0 aliphatic carbocycles. The Kier molecular flexibility index (Phi) is 6.09. The van der Waals surface area contributed by atoms with Crippen LogP contribution in [0.5, 0.6) is 5.75 Å². The first-order valence-corrected chi connectivity index (χ1v) is 9.21. The van der Waals surface area contributed by atoms with E-state index in [1.807, 2.05) is 41.5 Å². The summed E-state index contributed by atoms with van der Waals surface area (Å²) in [5.74, 6) is 0.254. The van der Waals surface area contributed by atoms with Gasteiger partial charge in [-0.1, -0.05) is 41.5 Å². The lowest BCUT2D eigenvalue weighted by Crippen LogP contribution is -2.18. The zero-order valence-corrected chi connectivity index (χ0v) is 16.0. The first-order chi connectivity index (χ1) is 10.3. The third-order valence-corrected chi connectivity index (χ3v) is 4.48. The molecule has 0 amide bonds. The maximum Gasteiger partial charge on any atom is 0.268 e. The van der Waals surface area contributed by atoms with E-state index in [1.54, 1.807) is 19.1 Å². The van der Waals surface area contributed by atoms with Crippen LogP contribution in [0.3, 0.4) is 0 Å². The highest BCUT2D eigenvalue weighted by Gasteiger charge is 2.26. The fraction of sp³-hybridized carbons (Fsp3) is 0.647. The monoisotopic (exact) mass is 343 g/mol. The Balaban J connectivity index is 3.26. The highest BCUT2D eigenvalue weighted by atomic mass is 31.2. The van der Waals surface area contributed by atoms with Gasteiger partial charge >= 0.3 is 0 Å². The van der Waals surface area contributed by atoms with Gasteiger partial charge in [-0.3, -0.25) is 4.57 Å². The predicted molar refractivity (Wildman–Crippen MR) is 89.5 cm³/mol.